The molecule has 2 heterocycles. The average molecular weight is 387 g/mol. The Morgan fingerprint density at radius 3 is 2.61 bits per heavy atom. The summed E-state index contributed by atoms with van der Waals surface area (Å²) in [5.74, 6) is -0.464. The van der Waals surface area contributed by atoms with Crippen LogP contribution >= 0.6 is 0 Å². The summed E-state index contributed by atoms with van der Waals surface area (Å²) in [5, 5.41) is 4.75. The number of nitrogens with one attached hydrogen (secondary N) is 1. The topological polar surface area (TPSA) is 54.5 Å². The molecule has 3 aromatic rings. The van der Waals surface area contributed by atoms with E-state index in [1.165, 1.54) is 17.2 Å². The molecular weight excluding hydrogens is 371 g/mol. The molecule has 0 spiro atoms. The fourth-order valence-electron chi connectivity index (χ4n) is 3.07. The first-order valence-electron chi connectivity index (χ1n) is 8.64. The number of nitrogens with zero attached hydrogens (tertiary/aromatic N) is 2. The number of rotatable bonds is 3. The van der Waals surface area contributed by atoms with Gasteiger partial charge in [-0.25, -0.2) is 9.78 Å². The number of benzene rings is 2. The number of anilines is 1. The van der Waals surface area contributed by atoms with Crippen LogP contribution in [0.1, 0.15) is 5.56 Å². The Bertz CT molecular complexity index is 1010. The van der Waals surface area contributed by atoms with Crippen molar-refractivity contribution in [3.63, 3.8) is 0 Å². The Hall–Kier alpha value is -3.29. The van der Waals surface area contributed by atoms with Gasteiger partial charge in [-0.3, -0.25) is 0 Å². The van der Waals surface area contributed by atoms with Gasteiger partial charge in [0, 0.05) is 11.6 Å². The number of urea groups is 1. The normalized spacial score (nSPS) is 14.6. The van der Waals surface area contributed by atoms with Gasteiger partial charge >= 0.3 is 12.2 Å². The molecule has 1 aliphatic rings. The third kappa shape index (κ3) is 3.58. The van der Waals surface area contributed by atoms with Crippen LogP contribution in [-0.4, -0.2) is 35.1 Å². The van der Waals surface area contributed by atoms with E-state index in [-0.39, 0.29) is 19.1 Å². The zero-order valence-electron chi connectivity index (χ0n) is 14.6. The maximum atomic E-state index is 13.0. The average Bonchev–Trinajstić information content (AvgIpc) is 2.64. The van der Waals surface area contributed by atoms with E-state index in [9.17, 15) is 18.0 Å². The van der Waals surface area contributed by atoms with Crippen molar-refractivity contribution in [3.05, 3.63) is 66.4 Å². The molecule has 8 heteroatoms. The van der Waals surface area contributed by atoms with Gasteiger partial charge in [0.1, 0.15) is 11.7 Å². The van der Waals surface area contributed by atoms with Crippen LogP contribution in [0.5, 0.6) is 5.88 Å². The number of fused-ring (bicyclic) bond motifs is 1. The van der Waals surface area contributed by atoms with Gasteiger partial charge in [-0.05, 0) is 23.6 Å². The highest BCUT2D eigenvalue weighted by Gasteiger charge is 2.38. The Morgan fingerprint density at radius 2 is 1.82 bits per heavy atom. The van der Waals surface area contributed by atoms with Gasteiger partial charge in [0.25, 0.3) is 0 Å². The Morgan fingerprint density at radius 1 is 1.07 bits per heavy atom. The molecule has 1 fully saturated rings. The SMILES string of the molecule is O=C(Nc1cccc2ccccc12)N1CC(Oc2ncccc2C(F)(F)F)C1. The van der Waals surface area contributed by atoms with Crippen molar-refractivity contribution in [3.8, 4) is 5.88 Å². The summed E-state index contributed by atoms with van der Waals surface area (Å²) in [6, 6.07) is 15.1. The third-order valence-electron chi connectivity index (χ3n) is 4.52. The lowest BCUT2D eigenvalue weighted by atomic mass is 10.1. The first kappa shape index (κ1) is 18.1. The van der Waals surface area contributed by atoms with Crippen LogP contribution in [0.15, 0.2) is 60.8 Å². The van der Waals surface area contributed by atoms with E-state index in [4.69, 9.17) is 4.74 Å². The van der Waals surface area contributed by atoms with Crippen molar-refractivity contribution in [2.45, 2.75) is 12.3 Å². The fraction of sp³-hybridized carbons (Fsp3) is 0.200. The number of hydrogen-bond donors (Lipinski definition) is 1. The van der Waals surface area contributed by atoms with Gasteiger partial charge in [-0.1, -0.05) is 36.4 Å². The van der Waals surface area contributed by atoms with Crippen molar-refractivity contribution in [2.75, 3.05) is 18.4 Å². The summed E-state index contributed by atoms with van der Waals surface area (Å²) in [6.07, 6.45) is -3.83. The number of ether oxygens (including phenoxy) is 1. The van der Waals surface area contributed by atoms with Crippen molar-refractivity contribution in [1.29, 1.82) is 0 Å². The zero-order valence-corrected chi connectivity index (χ0v) is 14.6. The zero-order chi connectivity index (χ0) is 19.7. The minimum atomic E-state index is -4.54. The monoisotopic (exact) mass is 387 g/mol. The molecule has 0 radical (unpaired) electrons. The Kier molecular flexibility index (Phi) is 4.54. The molecule has 0 unspecified atom stereocenters. The minimum absolute atomic E-state index is 0.185. The smallest absolute Gasteiger partial charge is 0.421 e. The van der Waals surface area contributed by atoms with Gasteiger partial charge in [0.05, 0.1) is 18.8 Å². The number of halogens is 3. The number of amides is 2. The number of hydrogen-bond acceptors (Lipinski definition) is 3. The van der Waals surface area contributed by atoms with Gasteiger partial charge in [0.2, 0.25) is 5.88 Å². The predicted octanol–water partition coefficient (Wildman–Crippen LogP) is 4.55. The van der Waals surface area contributed by atoms with Gasteiger partial charge in [-0.15, -0.1) is 0 Å². The Balaban J connectivity index is 1.39. The molecule has 4 rings (SSSR count). The number of alkyl halides is 3. The van der Waals surface area contributed by atoms with E-state index in [1.807, 2.05) is 36.4 Å². The molecule has 1 aliphatic heterocycles. The van der Waals surface area contributed by atoms with Crippen LogP contribution in [0.3, 0.4) is 0 Å². The summed E-state index contributed by atoms with van der Waals surface area (Å²) < 4.78 is 44.4. The minimum Gasteiger partial charge on any atom is -0.470 e. The first-order chi connectivity index (χ1) is 13.4. The van der Waals surface area contributed by atoms with Crippen LogP contribution in [0.4, 0.5) is 23.7 Å². The standard InChI is InChI=1S/C20H16F3N3O2/c21-20(22,23)16-8-4-10-24-18(16)28-14-11-26(12-14)19(27)25-17-9-3-6-13-5-1-2-7-15(13)17/h1-10,14H,11-12H2,(H,25,27). The van der Waals surface area contributed by atoms with Crippen LogP contribution in [0.2, 0.25) is 0 Å². The number of carbonyl (C=O) groups is 1. The number of aromatic nitrogens is 1. The third-order valence-corrected chi connectivity index (χ3v) is 4.52. The second-order valence-electron chi connectivity index (χ2n) is 6.46. The Labute approximate surface area is 158 Å². The van der Waals surface area contributed by atoms with Gasteiger partial charge in [-0.2, -0.15) is 13.2 Å². The second kappa shape index (κ2) is 7.03. The molecule has 2 amide bonds. The highest BCUT2D eigenvalue weighted by molar-refractivity contribution is 6.01. The molecule has 2 aromatic carbocycles. The summed E-state index contributed by atoms with van der Waals surface area (Å²) in [4.78, 5) is 17.6. The molecule has 1 N–H and O–H groups in total. The molecule has 1 saturated heterocycles. The highest BCUT2D eigenvalue weighted by atomic mass is 19.4. The number of likely N-dealkylation sites (tertiary alicyclic amines) is 1. The van der Waals surface area contributed by atoms with Crippen molar-refractivity contribution in [2.24, 2.45) is 0 Å². The molecule has 144 valence electrons. The van der Waals surface area contributed by atoms with Crippen molar-refractivity contribution >= 4 is 22.5 Å². The number of carbonyl (C=O) groups excluding carboxylic acids is 1. The van der Waals surface area contributed by atoms with Crippen LogP contribution in [-0.2, 0) is 6.18 Å². The van der Waals surface area contributed by atoms with E-state index in [1.54, 1.807) is 6.07 Å². The molecule has 5 nitrogen and oxygen atoms in total. The molecule has 0 atom stereocenters. The van der Waals surface area contributed by atoms with E-state index >= 15 is 0 Å². The lowest BCUT2D eigenvalue weighted by Gasteiger charge is -2.38. The quantitative estimate of drug-likeness (QED) is 0.717. The summed E-state index contributed by atoms with van der Waals surface area (Å²) >= 11 is 0. The van der Waals surface area contributed by atoms with E-state index in [0.29, 0.717) is 5.69 Å². The molecule has 1 aromatic heterocycles. The van der Waals surface area contributed by atoms with Gasteiger partial charge < -0.3 is 15.0 Å². The fourth-order valence-corrected chi connectivity index (χ4v) is 3.07. The lowest BCUT2D eigenvalue weighted by molar-refractivity contribution is -0.140. The second-order valence-corrected chi connectivity index (χ2v) is 6.46. The van der Waals surface area contributed by atoms with Gasteiger partial charge in [0.15, 0.2) is 0 Å². The number of pyridine rings is 1. The van der Waals surface area contributed by atoms with Crippen molar-refractivity contribution in [1.82, 2.24) is 9.88 Å². The van der Waals surface area contributed by atoms with Crippen LogP contribution < -0.4 is 10.1 Å². The van der Waals surface area contributed by atoms with Crippen molar-refractivity contribution < 1.29 is 22.7 Å². The largest absolute Gasteiger partial charge is 0.470 e. The first-order valence-corrected chi connectivity index (χ1v) is 8.64. The van der Waals surface area contributed by atoms with Crippen LogP contribution in [0, 0.1) is 0 Å². The summed E-state index contributed by atoms with van der Waals surface area (Å²) in [6.45, 7) is 0.370. The van der Waals surface area contributed by atoms with E-state index in [0.717, 1.165) is 16.8 Å². The highest BCUT2D eigenvalue weighted by Crippen LogP contribution is 2.35. The molecular formula is C20H16F3N3O2. The maximum Gasteiger partial charge on any atom is 0.421 e. The summed E-state index contributed by atoms with van der Waals surface area (Å²) in [5.41, 5.74) is -0.245. The molecule has 0 aliphatic carbocycles. The molecule has 28 heavy (non-hydrogen) atoms. The summed E-state index contributed by atoms with van der Waals surface area (Å²) in [7, 11) is 0. The van der Waals surface area contributed by atoms with E-state index in [2.05, 4.69) is 10.3 Å². The van der Waals surface area contributed by atoms with E-state index < -0.39 is 23.7 Å². The lowest BCUT2D eigenvalue weighted by Crippen LogP contribution is -2.57. The maximum absolute atomic E-state index is 13.0. The molecule has 0 bridgehead atoms. The predicted molar refractivity (Wildman–Crippen MR) is 98.2 cm³/mol. The molecule has 0 saturated carbocycles. The van der Waals surface area contributed by atoms with Crippen LogP contribution in [0.25, 0.3) is 10.8 Å².